The average Bonchev–Trinajstić information content (AvgIpc) is 3.37. The summed E-state index contributed by atoms with van der Waals surface area (Å²) in [4.78, 5) is 16.7. The second-order valence-electron chi connectivity index (χ2n) is 8.29. The van der Waals surface area contributed by atoms with Crippen LogP contribution in [0.15, 0.2) is 60.9 Å². The number of aromatic amines is 1. The molecule has 0 radical (unpaired) electrons. The van der Waals surface area contributed by atoms with Crippen molar-refractivity contribution in [3.8, 4) is 16.9 Å². The van der Waals surface area contributed by atoms with E-state index in [9.17, 15) is 9.90 Å². The highest BCUT2D eigenvalue weighted by atomic mass is 16.5. The van der Waals surface area contributed by atoms with Crippen molar-refractivity contribution in [1.82, 2.24) is 15.1 Å². The lowest BCUT2D eigenvalue weighted by Crippen LogP contribution is -2.36. The third kappa shape index (κ3) is 4.27. The minimum absolute atomic E-state index is 0.0762. The summed E-state index contributed by atoms with van der Waals surface area (Å²) in [5.41, 5.74) is 3.85. The second-order valence-corrected chi connectivity index (χ2v) is 8.29. The molecule has 2 heterocycles. The van der Waals surface area contributed by atoms with Crippen LogP contribution in [0.25, 0.3) is 11.1 Å². The van der Waals surface area contributed by atoms with Gasteiger partial charge in [-0.1, -0.05) is 24.3 Å². The Morgan fingerprint density at radius 2 is 1.97 bits per heavy atom. The summed E-state index contributed by atoms with van der Waals surface area (Å²) in [6.45, 7) is 1.58. The van der Waals surface area contributed by atoms with Gasteiger partial charge in [0, 0.05) is 24.0 Å². The lowest BCUT2D eigenvalue weighted by molar-refractivity contribution is 0.161. The SMILES string of the molecule is O=C1N(c2ccc(-c3cn[nH]c3)cc2)C[C@@H](CO)N1Cc1cccc(OCC2CC2)c1. The van der Waals surface area contributed by atoms with Crippen LogP contribution >= 0.6 is 0 Å². The summed E-state index contributed by atoms with van der Waals surface area (Å²) in [5, 5.41) is 16.7. The Labute approximate surface area is 181 Å². The average molecular weight is 418 g/mol. The zero-order chi connectivity index (χ0) is 21.2. The molecular formula is C24H26N4O3. The van der Waals surface area contributed by atoms with Crippen LogP contribution in [-0.2, 0) is 6.54 Å². The monoisotopic (exact) mass is 418 g/mol. The minimum atomic E-state index is -0.253. The van der Waals surface area contributed by atoms with E-state index in [0.29, 0.717) is 19.0 Å². The Bertz CT molecular complexity index is 1030. The molecule has 5 rings (SSSR count). The van der Waals surface area contributed by atoms with Crippen LogP contribution in [0.4, 0.5) is 10.5 Å². The molecule has 160 valence electrons. The van der Waals surface area contributed by atoms with Gasteiger partial charge in [-0.05, 0) is 54.2 Å². The lowest BCUT2D eigenvalue weighted by atomic mass is 10.1. The van der Waals surface area contributed by atoms with Gasteiger partial charge in [-0.25, -0.2) is 4.79 Å². The third-order valence-electron chi connectivity index (χ3n) is 5.97. The number of nitrogens with zero attached hydrogens (tertiary/aromatic N) is 3. The first-order chi connectivity index (χ1) is 15.2. The minimum Gasteiger partial charge on any atom is -0.493 e. The largest absolute Gasteiger partial charge is 0.493 e. The number of amides is 2. The van der Waals surface area contributed by atoms with E-state index in [0.717, 1.165) is 34.7 Å². The molecule has 2 N–H and O–H groups in total. The number of rotatable bonds is 8. The first-order valence-corrected chi connectivity index (χ1v) is 10.7. The number of carbonyl (C=O) groups excluding carboxylic acids is 1. The number of H-pyrrole nitrogens is 1. The molecule has 31 heavy (non-hydrogen) atoms. The summed E-state index contributed by atoms with van der Waals surface area (Å²) >= 11 is 0. The van der Waals surface area contributed by atoms with Crippen molar-refractivity contribution in [3.63, 3.8) is 0 Å². The maximum atomic E-state index is 13.2. The third-order valence-corrected chi connectivity index (χ3v) is 5.97. The van der Waals surface area contributed by atoms with Gasteiger partial charge < -0.3 is 14.7 Å². The van der Waals surface area contributed by atoms with Gasteiger partial charge in [-0.3, -0.25) is 10.00 Å². The van der Waals surface area contributed by atoms with Crippen LogP contribution in [0.2, 0.25) is 0 Å². The van der Waals surface area contributed by atoms with Crippen molar-refractivity contribution in [2.45, 2.75) is 25.4 Å². The van der Waals surface area contributed by atoms with Crippen molar-refractivity contribution < 1.29 is 14.6 Å². The number of aliphatic hydroxyl groups excluding tert-OH is 1. The molecule has 1 aliphatic carbocycles. The fourth-order valence-corrected chi connectivity index (χ4v) is 3.94. The van der Waals surface area contributed by atoms with Crippen molar-refractivity contribution in [1.29, 1.82) is 0 Å². The first-order valence-electron chi connectivity index (χ1n) is 10.7. The predicted molar refractivity (Wildman–Crippen MR) is 118 cm³/mol. The fraction of sp³-hybridized carbons (Fsp3) is 0.333. The highest BCUT2D eigenvalue weighted by molar-refractivity contribution is 5.95. The van der Waals surface area contributed by atoms with Crippen molar-refractivity contribution in [2.24, 2.45) is 5.92 Å². The number of urea groups is 1. The molecule has 1 atom stereocenters. The van der Waals surface area contributed by atoms with Crippen LogP contribution in [0.1, 0.15) is 18.4 Å². The summed E-state index contributed by atoms with van der Waals surface area (Å²) in [7, 11) is 0. The van der Waals surface area contributed by atoms with Crippen LogP contribution in [0, 0.1) is 5.92 Å². The van der Waals surface area contributed by atoms with Crippen LogP contribution < -0.4 is 9.64 Å². The molecule has 1 saturated heterocycles. The van der Waals surface area contributed by atoms with Crippen LogP contribution in [-0.4, -0.2) is 52.0 Å². The van der Waals surface area contributed by atoms with E-state index in [1.807, 2.05) is 54.7 Å². The highest BCUT2D eigenvalue weighted by Crippen LogP contribution is 2.31. The molecule has 0 unspecified atom stereocenters. The first kappa shape index (κ1) is 19.6. The molecule has 2 aliphatic rings. The van der Waals surface area contributed by atoms with E-state index in [2.05, 4.69) is 10.2 Å². The summed E-state index contributed by atoms with van der Waals surface area (Å²) < 4.78 is 5.88. The van der Waals surface area contributed by atoms with Gasteiger partial charge in [-0.2, -0.15) is 5.10 Å². The zero-order valence-electron chi connectivity index (χ0n) is 17.3. The molecule has 3 aromatic rings. The number of aliphatic hydroxyl groups is 1. The Morgan fingerprint density at radius 3 is 2.68 bits per heavy atom. The van der Waals surface area contributed by atoms with Crippen molar-refractivity contribution in [3.05, 3.63) is 66.5 Å². The van der Waals surface area contributed by atoms with Gasteiger partial charge in [0.05, 0.1) is 32.0 Å². The molecule has 7 heteroatoms. The van der Waals surface area contributed by atoms with Crippen LogP contribution in [0.3, 0.4) is 0 Å². The van der Waals surface area contributed by atoms with E-state index >= 15 is 0 Å². The Balaban J connectivity index is 1.29. The molecule has 1 aromatic heterocycles. The number of anilines is 1. The zero-order valence-corrected chi connectivity index (χ0v) is 17.3. The van der Waals surface area contributed by atoms with E-state index in [4.69, 9.17) is 4.74 Å². The number of hydrogen-bond acceptors (Lipinski definition) is 4. The van der Waals surface area contributed by atoms with Gasteiger partial charge in [0.25, 0.3) is 0 Å². The standard InChI is InChI=1S/C24H26N4O3/c29-15-22-14-28(21-8-6-19(7-9-21)20-11-25-26-12-20)24(30)27(22)13-18-2-1-3-23(10-18)31-16-17-4-5-17/h1-3,6-12,17,22,29H,4-5,13-16H2,(H,25,26)/t22-/m0/s1. The Morgan fingerprint density at radius 1 is 1.13 bits per heavy atom. The second kappa shape index (κ2) is 8.43. The maximum Gasteiger partial charge on any atom is 0.325 e. The van der Waals surface area contributed by atoms with Gasteiger partial charge >= 0.3 is 6.03 Å². The Kier molecular flexibility index (Phi) is 5.34. The molecule has 0 spiro atoms. The molecule has 1 saturated carbocycles. The number of hydrogen-bond donors (Lipinski definition) is 2. The molecule has 2 aromatic carbocycles. The quantitative estimate of drug-likeness (QED) is 0.585. The molecular weight excluding hydrogens is 392 g/mol. The normalized spacial score (nSPS) is 18.6. The number of aromatic nitrogens is 2. The van der Waals surface area contributed by atoms with Crippen molar-refractivity contribution >= 4 is 11.7 Å². The summed E-state index contributed by atoms with van der Waals surface area (Å²) in [6, 6.07) is 15.4. The summed E-state index contributed by atoms with van der Waals surface area (Å²) in [6.07, 6.45) is 6.10. The number of carbonyl (C=O) groups is 1. The lowest BCUT2D eigenvalue weighted by Gasteiger charge is -2.22. The van der Waals surface area contributed by atoms with Gasteiger partial charge in [0.15, 0.2) is 0 Å². The maximum absolute atomic E-state index is 13.2. The van der Waals surface area contributed by atoms with E-state index < -0.39 is 0 Å². The molecule has 0 bridgehead atoms. The van der Waals surface area contributed by atoms with Gasteiger partial charge in [0.1, 0.15) is 5.75 Å². The smallest absolute Gasteiger partial charge is 0.325 e. The van der Waals surface area contributed by atoms with E-state index in [-0.39, 0.29) is 18.7 Å². The van der Waals surface area contributed by atoms with Crippen LogP contribution in [0.5, 0.6) is 5.75 Å². The molecule has 7 nitrogen and oxygen atoms in total. The molecule has 2 amide bonds. The van der Waals surface area contributed by atoms with E-state index in [1.165, 1.54) is 12.8 Å². The van der Waals surface area contributed by atoms with E-state index in [1.54, 1.807) is 16.0 Å². The van der Waals surface area contributed by atoms with Crippen molar-refractivity contribution in [2.75, 3.05) is 24.7 Å². The number of nitrogens with one attached hydrogen (secondary N) is 1. The topological polar surface area (TPSA) is 81.7 Å². The fourth-order valence-electron chi connectivity index (χ4n) is 3.94. The molecule has 1 aliphatic heterocycles. The number of ether oxygens (including phenoxy) is 1. The van der Waals surface area contributed by atoms with Gasteiger partial charge in [0.2, 0.25) is 0 Å². The number of benzene rings is 2. The summed E-state index contributed by atoms with van der Waals surface area (Å²) in [5.74, 6) is 1.53. The molecule has 2 fully saturated rings. The van der Waals surface area contributed by atoms with Gasteiger partial charge in [-0.15, -0.1) is 0 Å². The highest BCUT2D eigenvalue weighted by Gasteiger charge is 2.37. The Hall–Kier alpha value is -3.32. The predicted octanol–water partition coefficient (Wildman–Crippen LogP) is 3.67.